The van der Waals surface area contributed by atoms with Crippen molar-refractivity contribution in [3.63, 3.8) is 0 Å². The van der Waals surface area contributed by atoms with Crippen LogP contribution in [-0.2, 0) is 4.79 Å². The highest BCUT2D eigenvalue weighted by Crippen LogP contribution is 2.35. The van der Waals surface area contributed by atoms with Crippen LogP contribution in [0.3, 0.4) is 0 Å². The van der Waals surface area contributed by atoms with E-state index in [2.05, 4.69) is 0 Å². The SMILES string of the molecule is O=C(C[C@@H]1CCOc2ccccc21)N1CCN(C(=O)c2cccc(Cl)c2)CC1. The number of ether oxygens (including phenoxy) is 1. The molecule has 0 N–H and O–H groups in total. The van der Waals surface area contributed by atoms with Gasteiger partial charge in [-0.05, 0) is 42.2 Å². The Morgan fingerprint density at radius 1 is 1.00 bits per heavy atom. The van der Waals surface area contributed by atoms with Gasteiger partial charge in [-0.2, -0.15) is 0 Å². The predicted molar refractivity (Wildman–Crippen MR) is 108 cm³/mol. The van der Waals surface area contributed by atoms with Gasteiger partial charge in [-0.15, -0.1) is 0 Å². The fourth-order valence-corrected chi connectivity index (χ4v) is 4.12. The van der Waals surface area contributed by atoms with Gasteiger partial charge in [0, 0.05) is 43.2 Å². The second-order valence-corrected chi connectivity index (χ2v) is 7.70. The number of amides is 2. The fourth-order valence-electron chi connectivity index (χ4n) is 3.93. The van der Waals surface area contributed by atoms with Crippen molar-refractivity contribution in [3.8, 4) is 5.75 Å². The third kappa shape index (κ3) is 3.99. The smallest absolute Gasteiger partial charge is 0.254 e. The van der Waals surface area contributed by atoms with Crippen molar-refractivity contribution in [2.45, 2.75) is 18.8 Å². The highest BCUT2D eigenvalue weighted by molar-refractivity contribution is 6.30. The highest BCUT2D eigenvalue weighted by Gasteiger charge is 2.29. The second-order valence-electron chi connectivity index (χ2n) is 7.26. The molecule has 0 aliphatic carbocycles. The minimum atomic E-state index is -0.0343. The molecule has 0 saturated carbocycles. The van der Waals surface area contributed by atoms with E-state index in [-0.39, 0.29) is 17.7 Å². The molecule has 0 unspecified atom stereocenters. The number of hydrogen-bond donors (Lipinski definition) is 0. The van der Waals surface area contributed by atoms with E-state index in [9.17, 15) is 9.59 Å². The Balaban J connectivity index is 1.34. The quantitative estimate of drug-likeness (QED) is 0.794. The molecule has 5 nitrogen and oxygen atoms in total. The van der Waals surface area contributed by atoms with Gasteiger partial charge in [0.25, 0.3) is 5.91 Å². The summed E-state index contributed by atoms with van der Waals surface area (Å²) in [5, 5.41) is 0.552. The standard InChI is InChI=1S/C22H23ClN2O3/c23-18-5-3-4-17(14-18)22(27)25-11-9-24(10-12-25)21(26)15-16-8-13-28-20-7-2-1-6-19(16)20/h1-7,14,16H,8-13,15H2/t16-/m0/s1. The minimum Gasteiger partial charge on any atom is -0.493 e. The molecule has 28 heavy (non-hydrogen) atoms. The maximum Gasteiger partial charge on any atom is 0.254 e. The Morgan fingerprint density at radius 2 is 1.75 bits per heavy atom. The van der Waals surface area contributed by atoms with Gasteiger partial charge in [-0.3, -0.25) is 9.59 Å². The first-order valence-electron chi connectivity index (χ1n) is 9.66. The second kappa shape index (κ2) is 8.23. The van der Waals surface area contributed by atoms with E-state index in [1.807, 2.05) is 29.2 Å². The minimum absolute atomic E-state index is 0.0343. The van der Waals surface area contributed by atoms with Crippen molar-refractivity contribution < 1.29 is 14.3 Å². The summed E-state index contributed by atoms with van der Waals surface area (Å²) in [6.45, 7) is 2.87. The molecular weight excluding hydrogens is 376 g/mol. The maximum atomic E-state index is 12.8. The van der Waals surface area contributed by atoms with Crippen LogP contribution < -0.4 is 4.74 Å². The summed E-state index contributed by atoms with van der Waals surface area (Å²) >= 11 is 5.99. The van der Waals surface area contributed by atoms with E-state index in [0.717, 1.165) is 17.7 Å². The average Bonchev–Trinajstić information content (AvgIpc) is 2.73. The van der Waals surface area contributed by atoms with E-state index in [4.69, 9.17) is 16.3 Å². The van der Waals surface area contributed by atoms with Gasteiger partial charge >= 0.3 is 0 Å². The molecule has 2 aromatic rings. The lowest BCUT2D eigenvalue weighted by atomic mass is 9.90. The number of nitrogens with zero attached hydrogens (tertiary/aromatic N) is 2. The van der Waals surface area contributed by atoms with E-state index in [1.54, 1.807) is 29.2 Å². The number of piperazine rings is 1. The topological polar surface area (TPSA) is 49.9 Å². The molecular formula is C22H23ClN2O3. The summed E-state index contributed by atoms with van der Waals surface area (Å²) in [6, 6.07) is 15.0. The predicted octanol–water partition coefficient (Wildman–Crippen LogP) is 3.58. The number of para-hydroxylation sites is 1. The number of hydrogen-bond acceptors (Lipinski definition) is 3. The van der Waals surface area contributed by atoms with E-state index >= 15 is 0 Å². The largest absolute Gasteiger partial charge is 0.493 e. The Morgan fingerprint density at radius 3 is 2.54 bits per heavy atom. The summed E-state index contributed by atoms with van der Waals surface area (Å²) in [4.78, 5) is 29.1. The maximum absolute atomic E-state index is 12.8. The van der Waals surface area contributed by atoms with Crippen LogP contribution in [0.5, 0.6) is 5.75 Å². The Labute approximate surface area is 169 Å². The summed E-state index contributed by atoms with van der Waals surface area (Å²) in [5.74, 6) is 1.21. The number of halogens is 1. The zero-order valence-corrected chi connectivity index (χ0v) is 16.4. The lowest BCUT2D eigenvalue weighted by Gasteiger charge is -2.36. The van der Waals surface area contributed by atoms with Gasteiger partial charge in [0.05, 0.1) is 6.61 Å². The molecule has 2 aliphatic rings. The zero-order valence-electron chi connectivity index (χ0n) is 15.6. The number of fused-ring (bicyclic) bond motifs is 1. The molecule has 1 saturated heterocycles. The third-order valence-corrected chi connectivity index (χ3v) is 5.73. The summed E-state index contributed by atoms with van der Waals surface area (Å²) in [7, 11) is 0. The van der Waals surface area contributed by atoms with Crippen LogP contribution in [0, 0.1) is 0 Å². The number of benzene rings is 2. The van der Waals surface area contributed by atoms with E-state index < -0.39 is 0 Å². The first kappa shape index (κ1) is 18.8. The monoisotopic (exact) mass is 398 g/mol. The average molecular weight is 399 g/mol. The molecule has 2 heterocycles. The Kier molecular flexibility index (Phi) is 5.53. The molecule has 6 heteroatoms. The van der Waals surface area contributed by atoms with E-state index in [0.29, 0.717) is 49.8 Å². The van der Waals surface area contributed by atoms with Gasteiger partial charge in [-0.1, -0.05) is 35.9 Å². The molecule has 146 valence electrons. The van der Waals surface area contributed by atoms with Crippen molar-refractivity contribution in [1.29, 1.82) is 0 Å². The molecule has 0 aromatic heterocycles. The first-order valence-corrected chi connectivity index (χ1v) is 10.0. The number of carbonyl (C=O) groups excluding carboxylic acids is 2. The van der Waals surface area contributed by atoms with Crippen LogP contribution in [0.15, 0.2) is 48.5 Å². The van der Waals surface area contributed by atoms with Crippen LogP contribution in [0.4, 0.5) is 0 Å². The normalized spacial score (nSPS) is 19.0. The molecule has 4 rings (SSSR count). The van der Waals surface area contributed by atoms with Gasteiger partial charge in [-0.25, -0.2) is 0 Å². The zero-order chi connectivity index (χ0) is 19.5. The van der Waals surface area contributed by atoms with Gasteiger partial charge in [0.2, 0.25) is 5.91 Å². The molecule has 2 aliphatic heterocycles. The summed E-state index contributed by atoms with van der Waals surface area (Å²) < 4.78 is 5.69. The highest BCUT2D eigenvalue weighted by atomic mass is 35.5. The number of carbonyl (C=O) groups is 2. The summed E-state index contributed by atoms with van der Waals surface area (Å²) in [5.41, 5.74) is 1.71. The summed E-state index contributed by atoms with van der Waals surface area (Å²) in [6.07, 6.45) is 1.35. The van der Waals surface area contributed by atoms with Gasteiger partial charge < -0.3 is 14.5 Å². The molecule has 0 bridgehead atoms. The molecule has 0 spiro atoms. The van der Waals surface area contributed by atoms with Gasteiger partial charge in [0.1, 0.15) is 5.75 Å². The molecule has 2 aromatic carbocycles. The third-order valence-electron chi connectivity index (χ3n) is 5.49. The van der Waals surface area contributed by atoms with Crippen molar-refractivity contribution in [1.82, 2.24) is 9.80 Å². The van der Waals surface area contributed by atoms with Crippen molar-refractivity contribution in [2.75, 3.05) is 32.8 Å². The van der Waals surface area contributed by atoms with Gasteiger partial charge in [0.15, 0.2) is 0 Å². The fraction of sp³-hybridized carbons (Fsp3) is 0.364. The lowest BCUT2D eigenvalue weighted by molar-refractivity contribution is -0.133. The lowest BCUT2D eigenvalue weighted by Crippen LogP contribution is -2.50. The van der Waals surface area contributed by atoms with Crippen LogP contribution in [0.2, 0.25) is 5.02 Å². The van der Waals surface area contributed by atoms with Crippen LogP contribution in [-0.4, -0.2) is 54.4 Å². The van der Waals surface area contributed by atoms with Crippen LogP contribution in [0.25, 0.3) is 0 Å². The Bertz CT molecular complexity index is 878. The van der Waals surface area contributed by atoms with Crippen LogP contribution >= 0.6 is 11.6 Å². The molecule has 2 amide bonds. The molecule has 0 radical (unpaired) electrons. The van der Waals surface area contributed by atoms with Crippen molar-refractivity contribution in [3.05, 3.63) is 64.7 Å². The molecule has 1 fully saturated rings. The van der Waals surface area contributed by atoms with Crippen molar-refractivity contribution >= 4 is 23.4 Å². The first-order chi connectivity index (χ1) is 13.6. The Hall–Kier alpha value is -2.53. The van der Waals surface area contributed by atoms with Crippen molar-refractivity contribution in [2.24, 2.45) is 0 Å². The molecule has 1 atom stereocenters. The van der Waals surface area contributed by atoms with E-state index in [1.165, 1.54) is 0 Å². The van der Waals surface area contributed by atoms with Crippen LogP contribution in [0.1, 0.15) is 34.7 Å². The number of rotatable bonds is 3.